The average molecular weight is 801 g/mol. The Kier molecular flexibility index (Phi) is 22.3. The van der Waals surface area contributed by atoms with E-state index >= 15 is 0 Å². The van der Waals surface area contributed by atoms with Gasteiger partial charge in [-0.15, -0.1) is 10.1 Å². The highest BCUT2D eigenvalue weighted by atomic mass is 16.9. The zero-order valence-electron chi connectivity index (χ0n) is 34.1. The second kappa shape index (κ2) is 26.5. The molecule has 0 bridgehead atoms. The summed E-state index contributed by atoms with van der Waals surface area (Å²) in [6.45, 7) is 2.31. The molecule has 316 valence electrons. The Morgan fingerprint density at radius 1 is 0.877 bits per heavy atom. The van der Waals surface area contributed by atoms with Crippen LogP contribution in [0.4, 0.5) is 0 Å². The molecule has 0 aromatic heterocycles. The molecule has 2 aromatic carbocycles. The lowest BCUT2D eigenvalue weighted by atomic mass is 9.73. The molecular formula is C41H60N4O12. The van der Waals surface area contributed by atoms with Crippen molar-refractivity contribution < 1.29 is 53.1 Å². The summed E-state index contributed by atoms with van der Waals surface area (Å²) in [6, 6.07) is 10.9. The smallest absolute Gasteiger partial charge is 0.422 e. The number of unbranched alkanes of at least 4 members (excludes halogenated alkanes) is 9. The predicted octanol–water partition coefficient (Wildman–Crippen LogP) is 6.43. The van der Waals surface area contributed by atoms with E-state index in [-0.39, 0.29) is 31.1 Å². The number of ether oxygens (including phenoxy) is 5. The van der Waals surface area contributed by atoms with Crippen LogP contribution in [-0.4, -0.2) is 94.2 Å². The van der Waals surface area contributed by atoms with E-state index in [0.717, 1.165) is 24.8 Å². The first-order chi connectivity index (χ1) is 27.4. The number of aliphatic carboxylic acids is 1. The highest BCUT2D eigenvalue weighted by Gasteiger charge is 2.34. The number of hydrogen-bond donors (Lipinski definition) is 2. The quantitative estimate of drug-likeness (QED) is 0.0218. The van der Waals surface area contributed by atoms with Crippen molar-refractivity contribution in [3.05, 3.63) is 51.6 Å². The number of esters is 1. The number of carbonyl (C=O) groups is 3. The van der Waals surface area contributed by atoms with E-state index < -0.39 is 35.0 Å². The first-order valence-electron chi connectivity index (χ1n) is 19.6. The van der Waals surface area contributed by atoms with Crippen molar-refractivity contribution in [1.82, 2.24) is 10.2 Å². The molecule has 0 heterocycles. The summed E-state index contributed by atoms with van der Waals surface area (Å²) in [4.78, 5) is 52.2. The summed E-state index contributed by atoms with van der Waals surface area (Å²) in [5.41, 5.74) is 0.333. The number of rotatable bonds is 30. The molecule has 0 fully saturated rings. The molecule has 0 aliphatic rings. The molecule has 0 aliphatic heterocycles. The van der Waals surface area contributed by atoms with Crippen LogP contribution in [0.1, 0.15) is 102 Å². The number of likely N-dealkylation sites (N-methyl/N-ethyl adjacent to an activating group) is 1. The Labute approximate surface area is 335 Å². The van der Waals surface area contributed by atoms with E-state index in [1.54, 1.807) is 27.4 Å². The molecule has 0 spiro atoms. The van der Waals surface area contributed by atoms with Gasteiger partial charge in [-0.1, -0.05) is 77.2 Å². The number of nitrogens with one attached hydrogen (secondary N) is 1. The Morgan fingerprint density at radius 3 is 2.04 bits per heavy atom. The minimum absolute atomic E-state index is 0.0320. The summed E-state index contributed by atoms with van der Waals surface area (Å²) in [6.07, 6.45) is 13.9. The topological polar surface area (TPSA) is 209 Å². The molecule has 1 amide bonds. The van der Waals surface area contributed by atoms with Crippen LogP contribution in [0.15, 0.2) is 30.3 Å². The second-order valence-electron chi connectivity index (χ2n) is 13.8. The third kappa shape index (κ3) is 16.8. The molecule has 0 radical (unpaired) electrons. The lowest BCUT2D eigenvalue weighted by molar-refractivity contribution is -0.757. The minimum Gasteiger partial charge on any atom is -0.493 e. The first kappa shape index (κ1) is 47.9. The fraction of sp³-hybridized carbons (Fsp3) is 0.610. The number of nitrogens with zero attached hydrogens (tertiary/aromatic N) is 3. The molecule has 2 aromatic rings. The number of carbonyl (C=O) groups excluding carboxylic acids is 2. The molecule has 57 heavy (non-hydrogen) atoms. The van der Waals surface area contributed by atoms with Crippen molar-refractivity contribution in [3.8, 4) is 34.8 Å². The largest absolute Gasteiger partial charge is 0.493 e. The van der Waals surface area contributed by atoms with Gasteiger partial charge >= 0.3 is 11.9 Å². The molecule has 1 unspecified atom stereocenters. The summed E-state index contributed by atoms with van der Waals surface area (Å²) in [5.74, 6) is -2.26. The van der Waals surface area contributed by atoms with Gasteiger partial charge in [0.2, 0.25) is 5.75 Å². The Hall–Kier alpha value is -5.30. The van der Waals surface area contributed by atoms with E-state index in [9.17, 15) is 29.8 Å². The van der Waals surface area contributed by atoms with Crippen LogP contribution in [0.2, 0.25) is 0 Å². The van der Waals surface area contributed by atoms with Crippen LogP contribution in [-0.2, 0) is 31.1 Å². The predicted molar refractivity (Wildman–Crippen MR) is 211 cm³/mol. The van der Waals surface area contributed by atoms with Gasteiger partial charge in [0.1, 0.15) is 18.1 Å². The van der Waals surface area contributed by atoms with Gasteiger partial charge in [0.05, 0.1) is 32.8 Å². The molecule has 2 N–H and O–H groups in total. The SMILES string of the molecule is CCCCCCCCCCCCC(C#N)(CCCN(C)CCc1c(OCC(=O)NCCO[N+](=O)[O-])cccc1OC(=O)C(=O)O)c1cc(OC)c(OC)c(OC)c1. The standard InChI is InChI=1S/C41H60N4O12/c1-6-7-8-9-10-11-12-13-14-15-21-41(30-42,31-27-35(52-3)38(54-5)36(28-31)53-4)22-17-24-44(2)25-20-32-33(18-16-19-34(32)57-40(49)39(47)48)55-29-37(46)43-23-26-56-45(50)51/h16,18-19,27-28H,6-15,17,20-26,29H2,1-5H3,(H,43,46)(H,47,48). The Morgan fingerprint density at radius 2 is 1.47 bits per heavy atom. The van der Waals surface area contributed by atoms with Crippen LogP contribution in [0.25, 0.3) is 0 Å². The Bertz CT molecular complexity index is 1590. The van der Waals surface area contributed by atoms with Gasteiger partial charge in [-0.3, -0.25) is 4.79 Å². The maximum absolute atomic E-state index is 12.3. The normalized spacial score (nSPS) is 11.9. The molecule has 0 aliphatic carbocycles. The summed E-state index contributed by atoms with van der Waals surface area (Å²) < 4.78 is 27.7. The fourth-order valence-corrected chi connectivity index (χ4v) is 6.60. The van der Waals surface area contributed by atoms with E-state index in [1.165, 1.54) is 57.1 Å². The lowest BCUT2D eigenvalue weighted by Crippen LogP contribution is -2.32. The van der Waals surface area contributed by atoms with Gasteiger partial charge in [0, 0.05) is 18.7 Å². The maximum Gasteiger partial charge on any atom is 0.422 e. The van der Waals surface area contributed by atoms with E-state index in [0.29, 0.717) is 55.2 Å². The molecule has 16 heteroatoms. The number of carboxylic acids is 1. The Balaban J connectivity index is 2.18. The van der Waals surface area contributed by atoms with Gasteiger partial charge < -0.3 is 43.8 Å². The number of hydrogen-bond acceptors (Lipinski definition) is 13. The highest BCUT2D eigenvalue weighted by molar-refractivity contribution is 6.29. The van der Waals surface area contributed by atoms with Crippen molar-refractivity contribution >= 4 is 17.8 Å². The number of methoxy groups -OCH3 is 3. The molecule has 16 nitrogen and oxygen atoms in total. The van der Waals surface area contributed by atoms with Crippen LogP contribution >= 0.6 is 0 Å². The van der Waals surface area contributed by atoms with Gasteiger partial charge in [-0.25, -0.2) is 9.59 Å². The summed E-state index contributed by atoms with van der Waals surface area (Å²) in [7, 11) is 6.55. The number of nitriles is 1. The first-order valence-corrected chi connectivity index (χ1v) is 19.6. The number of carboxylic acid groups (broad SMARTS) is 1. The highest BCUT2D eigenvalue weighted by Crippen LogP contribution is 2.44. The molecule has 2 rings (SSSR count). The van der Waals surface area contributed by atoms with Crippen molar-refractivity contribution in [2.24, 2.45) is 0 Å². The summed E-state index contributed by atoms with van der Waals surface area (Å²) >= 11 is 0. The van der Waals surface area contributed by atoms with Crippen LogP contribution in [0, 0.1) is 21.4 Å². The second-order valence-corrected chi connectivity index (χ2v) is 13.8. The van der Waals surface area contributed by atoms with Crippen molar-refractivity contribution in [2.75, 3.05) is 61.2 Å². The fourth-order valence-electron chi connectivity index (χ4n) is 6.60. The zero-order chi connectivity index (χ0) is 42.1. The van der Waals surface area contributed by atoms with Crippen LogP contribution in [0.3, 0.4) is 0 Å². The number of amides is 1. The lowest BCUT2D eigenvalue weighted by Gasteiger charge is -2.30. The van der Waals surface area contributed by atoms with Crippen LogP contribution in [0.5, 0.6) is 28.7 Å². The molecule has 0 saturated heterocycles. The van der Waals surface area contributed by atoms with E-state index in [2.05, 4.69) is 23.1 Å². The van der Waals surface area contributed by atoms with Gasteiger partial charge in [-0.05, 0) is 69.1 Å². The molecule has 0 saturated carbocycles. The maximum atomic E-state index is 12.3. The van der Waals surface area contributed by atoms with Gasteiger partial charge in [0.25, 0.3) is 11.0 Å². The van der Waals surface area contributed by atoms with E-state index in [1.807, 2.05) is 24.1 Å². The molecular weight excluding hydrogens is 740 g/mol. The third-order valence-corrected chi connectivity index (χ3v) is 9.72. The summed E-state index contributed by atoms with van der Waals surface area (Å²) in [5, 5.41) is 31.8. The zero-order valence-corrected chi connectivity index (χ0v) is 34.1. The molecule has 1 atom stereocenters. The van der Waals surface area contributed by atoms with Gasteiger partial charge in [0.15, 0.2) is 18.1 Å². The van der Waals surface area contributed by atoms with Gasteiger partial charge in [-0.2, -0.15) is 5.26 Å². The third-order valence-electron chi connectivity index (χ3n) is 9.72. The van der Waals surface area contributed by atoms with Crippen LogP contribution < -0.4 is 29.0 Å². The van der Waals surface area contributed by atoms with Crippen molar-refractivity contribution in [2.45, 2.75) is 102 Å². The monoisotopic (exact) mass is 800 g/mol. The van der Waals surface area contributed by atoms with E-state index in [4.69, 9.17) is 28.8 Å². The van der Waals surface area contributed by atoms with Crippen molar-refractivity contribution in [1.29, 1.82) is 5.26 Å². The average Bonchev–Trinajstić information content (AvgIpc) is 3.20. The number of benzene rings is 2. The minimum atomic E-state index is -1.77. The van der Waals surface area contributed by atoms with Crippen molar-refractivity contribution in [3.63, 3.8) is 0 Å².